The van der Waals surface area contributed by atoms with Gasteiger partial charge in [0, 0.05) is 6.04 Å². The second-order valence-electron chi connectivity index (χ2n) is 4.69. The number of nitriles is 1. The molecule has 0 aliphatic heterocycles. The third kappa shape index (κ3) is 3.44. The summed E-state index contributed by atoms with van der Waals surface area (Å²) in [6.07, 6.45) is 2.14. The summed E-state index contributed by atoms with van der Waals surface area (Å²) in [6, 6.07) is 2.46. The molecule has 1 saturated carbocycles. The van der Waals surface area contributed by atoms with Crippen molar-refractivity contribution in [3.05, 3.63) is 17.1 Å². The van der Waals surface area contributed by atoms with Gasteiger partial charge in [-0.2, -0.15) is 5.26 Å². The van der Waals surface area contributed by atoms with Gasteiger partial charge in [0.05, 0.1) is 10.9 Å². The first-order chi connectivity index (χ1) is 9.01. The summed E-state index contributed by atoms with van der Waals surface area (Å²) in [5, 5.41) is 12.4. The predicted octanol–water partition coefficient (Wildman–Crippen LogP) is 1.72. The van der Waals surface area contributed by atoms with Gasteiger partial charge >= 0.3 is 0 Å². The van der Waals surface area contributed by atoms with Crippen molar-refractivity contribution in [1.29, 1.82) is 5.26 Å². The molecule has 1 amide bonds. The van der Waals surface area contributed by atoms with Crippen LogP contribution in [0, 0.1) is 25.2 Å². The Hall–Kier alpha value is -1.61. The van der Waals surface area contributed by atoms with Gasteiger partial charge in [-0.05, 0) is 33.6 Å². The van der Waals surface area contributed by atoms with E-state index in [-0.39, 0.29) is 11.2 Å². The summed E-state index contributed by atoms with van der Waals surface area (Å²) in [5.41, 5.74) is 1.12. The van der Waals surface area contributed by atoms with Gasteiger partial charge in [-0.3, -0.25) is 4.79 Å². The van der Waals surface area contributed by atoms with Crippen molar-refractivity contribution in [2.45, 2.75) is 49.9 Å². The average Bonchev–Trinajstić information content (AvgIpc) is 3.12. The van der Waals surface area contributed by atoms with Gasteiger partial charge in [0.15, 0.2) is 0 Å². The van der Waals surface area contributed by atoms with Crippen molar-refractivity contribution < 1.29 is 4.79 Å². The lowest BCUT2D eigenvalue weighted by atomic mass is 10.3. The van der Waals surface area contributed by atoms with E-state index < -0.39 is 0 Å². The lowest BCUT2D eigenvalue weighted by molar-refractivity contribution is -0.120. The Kier molecular flexibility index (Phi) is 4.05. The largest absolute Gasteiger partial charge is 0.352 e. The fraction of sp³-hybridized carbons (Fsp3) is 0.538. The Bertz CT molecular complexity index is 548. The van der Waals surface area contributed by atoms with Crippen LogP contribution in [-0.4, -0.2) is 27.2 Å². The SMILES string of the molecule is Cc1nc(C)c(C#N)c(SC(C)C(=O)NC2CC2)n1. The molecule has 100 valence electrons. The smallest absolute Gasteiger partial charge is 0.233 e. The number of thioether (sulfide) groups is 1. The minimum atomic E-state index is -0.263. The zero-order valence-corrected chi connectivity index (χ0v) is 12.0. The van der Waals surface area contributed by atoms with Crippen molar-refractivity contribution in [2.75, 3.05) is 0 Å². The zero-order valence-electron chi connectivity index (χ0n) is 11.2. The zero-order chi connectivity index (χ0) is 14.0. The van der Waals surface area contributed by atoms with Crippen LogP contribution in [-0.2, 0) is 4.79 Å². The Labute approximate surface area is 116 Å². The molecule has 5 nitrogen and oxygen atoms in total. The summed E-state index contributed by atoms with van der Waals surface area (Å²) in [5.74, 6) is 0.624. The van der Waals surface area contributed by atoms with Crippen molar-refractivity contribution in [3.8, 4) is 6.07 Å². The molecule has 1 unspecified atom stereocenters. The molecule has 1 fully saturated rings. The number of rotatable bonds is 4. The molecule has 1 aromatic rings. The van der Waals surface area contributed by atoms with E-state index in [0.29, 0.717) is 28.1 Å². The van der Waals surface area contributed by atoms with Gasteiger partial charge in [0.1, 0.15) is 22.5 Å². The maximum atomic E-state index is 11.9. The van der Waals surface area contributed by atoms with Crippen molar-refractivity contribution >= 4 is 17.7 Å². The molecule has 1 aliphatic carbocycles. The van der Waals surface area contributed by atoms with Crippen LogP contribution in [0.4, 0.5) is 0 Å². The first-order valence-electron chi connectivity index (χ1n) is 6.23. The lowest BCUT2D eigenvalue weighted by Gasteiger charge is -2.12. The monoisotopic (exact) mass is 276 g/mol. The van der Waals surface area contributed by atoms with E-state index >= 15 is 0 Å². The molecule has 1 heterocycles. The van der Waals surface area contributed by atoms with Crippen LogP contribution < -0.4 is 5.32 Å². The van der Waals surface area contributed by atoms with Gasteiger partial charge in [0.25, 0.3) is 0 Å². The van der Waals surface area contributed by atoms with E-state index in [2.05, 4.69) is 21.4 Å². The molecule has 1 aliphatic rings. The summed E-state index contributed by atoms with van der Waals surface area (Å²) < 4.78 is 0. The Balaban J connectivity index is 2.13. The molecule has 1 atom stereocenters. The number of hydrogen-bond donors (Lipinski definition) is 1. The number of carbonyl (C=O) groups is 1. The molecule has 0 saturated heterocycles. The molecule has 1 aromatic heterocycles. The quantitative estimate of drug-likeness (QED) is 0.669. The molecule has 6 heteroatoms. The number of aromatic nitrogens is 2. The molecular formula is C13H16N4OS. The van der Waals surface area contributed by atoms with Gasteiger partial charge in [-0.25, -0.2) is 9.97 Å². The molecule has 0 radical (unpaired) electrons. The van der Waals surface area contributed by atoms with Crippen LogP contribution >= 0.6 is 11.8 Å². The highest BCUT2D eigenvalue weighted by molar-refractivity contribution is 8.00. The highest BCUT2D eigenvalue weighted by Crippen LogP contribution is 2.27. The maximum absolute atomic E-state index is 11.9. The number of nitrogens with zero attached hydrogens (tertiary/aromatic N) is 3. The van der Waals surface area contributed by atoms with E-state index in [9.17, 15) is 4.79 Å². The second-order valence-corrected chi connectivity index (χ2v) is 6.02. The Morgan fingerprint density at radius 2 is 2.16 bits per heavy atom. The topological polar surface area (TPSA) is 78.7 Å². The predicted molar refractivity (Wildman–Crippen MR) is 72.7 cm³/mol. The fourth-order valence-corrected chi connectivity index (χ4v) is 2.67. The van der Waals surface area contributed by atoms with Crippen molar-refractivity contribution in [3.63, 3.8) is 0 Å². The molecule has 19 heavy (non-hydrogen) atoms. The van der Waals surface area contributed by atoms with E-state index in [1.54, 1.807) is 13.8 Å². The van der Waals surface area contributed by atoms with Crippen LogP contribution in [0.5, 0.6) is 0 Å². The standard InChI is InChI=1S/C13H16N4OS/c1-7-11(6-14)13(16-9(3)15-7)19-8(2)12(18)17-10-4-5-10/h8,10H,4-5H2,1-3H3,(H,17,18). The normalized spacial score (nSPS) is 15.7. The van der Waals surface area contributed by atoms with Gasteiger partial charge in [-0.15, -0.1) is 0 Å². The minimum absolute atomic E-state index is 0.00491. The Morgan fingerprint density at radius 1 is 1.47 bits per heavy atom. The third-order valence-corrected chi connectivity index (χ3v) is 3.95. The average molecular weight is 276 g/mol. The van der Waals surface area contributed by atoms with Crippen LogP contribution in [0.3, 0.4) is 0 Å². The maximum Gasteiger partial charge on any atom is 0.233 e. The van der Waals surface area contributed by atoms with E-state index in [0.717, 1.165) is 12.8 Å². The van der Waals surface area contributed by atoms with Crippen LogP contribution in [0.25, 0.3) is 0 Å². The van der Waals surface area contributed by atoms with E-state index in [1.165, 1.54) is 11.8 Å². The Morgan fingerprint density at radius 3 is 2.74 bits per heavy atom. The summed E-state index contributed by atoms with van der Waals surface area (Å²) in [4.78, 5) is 20.3. The number of carbonyl (C=O) groups excluding carboxylic acids is 1. The first-order valence-corrected chi connectivity index (χ1v) is 7.11. The van der Waals surface area contributed by atoms with Crippen LogP contribution in [0.1, 0.15) is 36.8 Å². The first kappa shape index (κ1) is 13.8. The van der Waals surface area contributed by atoms with Gasteiger partial charge in [0.2, 0.25) is 5.91 Å². The molecule has 0 bridgehead atoms. The third-order valence-electron chi connectivity index (χ3n) is 2.86. The molecule has 1 N–H and O–H groups in total. The van der Waals surface area contributed by atoms with Gasteiger partial charge < -0.3 is 5.32 Å². The highest BCUT2D eigenvalue weighted by atomic mass is 32.2. The molecule has 0 aromatic carbocycles. The second kappa shape index (κ2) is 5.57. The highest BCUT2D eigenvalue weighted by Gasteiger charge is 2.26. The number of hydrogen-bond acceptors (Lipinski definition) is 5. The van der Waals surface area contributed by atoms with Gasteiger partial charge in [-0.1, -0.05) is 11.8 Å². The number of amides is 1. The fourth-order valence-electron chi connectivity index (χ4n) is 1.66. The lowest BCUT2D eigenvalue weighted by Crippen LogP contribution is -2.32. The molecular weight excluding hydrogens is 260 g/mol. The molecule has 2 rings (SSSR count). The summed E-state index contributed by atoms with van der Waals surface area (Å²) in [7, 11) is 0. The van der Waals surface area contributed by atoms with E-state index in [4.69, 9.17) is 5.26 Å². The van der Waals surface area contributed by atoms with E-state index in [1.807, 2.05) is 6.92 Å². The molecule has 0 spiro atoms. The number of nitrogens with one attached hydrogen (secondary N) is 1. The van der Waals surface area contributed by atoms with Crippen LogP contribution in [0.15, 0.2) is 5.03 Å². The van der Waals surface area contributed by atoms with Crippen LogP contribution in [0.2, 0.25) is 0 Å². The van der Waals surface area contributed by atoms with Crippen molar-refractivity contribution in [1.82, 2.24) is 15.3 Å². The van der Waals surface area contributed by atoms with Crippen molar-refractivity contribution in [2.24, 2.45) is 0 Å². The summed E-state index contributed by atoms with van der Waals surface area (Å²) >= 11 is 1.32. The number of aryl methyl sites for hydroxylation is 2. The summed E-state index contributed by atoms with van der Waals surface area (Å²) in [6.45, 7) is 5.40. The minimum Gasteiger partial charge on any atom is -0.352 e.